The monoisotopic (exact) mass is 500 g/mol. The highest BCUT2D eigenvalue weighted by atomic mass is 32.1. The fourth-order valence-electron chi connectivity index (χ4n) is 4.00. The summed E-state index contributed by atoms with van der Waals surface area (Å²) in [5, 5.41) is 12.3. The lowest BCUT2D eigenvalue weighted by atomic mass is 10.0. The molecule has 4 aromatic rings. The number of rotatable bonds is 8. The molecule has 0 atom stereocenters. The molecule has 8 heteroatoms. The predicted octanol–water partition coefficient (Wildman–Crippen LogP) is 5.13. The molecule has 2 N–H and O–H groups in total. The Labute approximate surface area is 213 Å². The number of imidazole rings is 1. The Hall–Kier alpha value is -3.88. The number of nitrogens with zero attached hydrogens (tertiary/aromatic N) is 4. The van der Waals surface area contributed by atoms with Gasteiger partial charge in [-0.25, -0.2) is 14.4 Å². The molecular weight excluding hydrogens is 471 g/mol. The molecule has 4 aromatic heterocycles. The van der Waals surface area contributed by atoms with Crippen LogP contribution in [-0.2, 0) is 0 Å². The number of aromatic nitrogens is 5. The first-order chi connectivity index (χ1) is 17.4. The molecule has 0 unspecified atom stereocenters. The van der Waals surface area contributed by atoms with Crippen molar-refractivity contribution < 1.29 is 4.39 Å². The maximum atomic E-state index is 16.1. The van der Waals surface area contributed by atoms with Gasteiger partial charge in [0.2, 0.25) is 0 Å². The van der Waals surface area contributed by atoms with Crippen molar-refractivity contribution in [2.24, 2.45) is 0 Å². The topological polar surface area (TPSA) is 73.5 Å². The van der Waals surface area contributed by atoms with Crippen LogP contribution in [0.2, 0.25) is 0 Å². The van der Waals surface area contributed by atoms with Gasteiger partial charge in [-0.15, -0.1) is 0 Å². The number of hydrogen-bond acceptors (Lipinski definition) is 5. The number of pyridine rings is 1. The molecule has 0 fully saturated rings. The van der Waals surface area contributed by atoms with E-state index in [1.54, 1.807) is 29.7 Å². The third-order valence-corrected chi connectivity index (χ3v) is 6.46. The number of hydrogen-bond donors (Lipinski definition) is 2. The molecule has 0 radical (unpaired) electrons. The fraction of sp³-hybridized carbons (Fsp3) is 0.179. The maximum absolute atomic E-state index is 16.1. The van der Waals surface area contributed by atoms with Crippen LogP contribution in [-0.4, -0.2) is 50.7 Å². The highest BCUT2D eigenvalue weighted by Crippen LogP contribution is 2.29. The van der Waals surface area contributed by atoms with Crippen molar-refractivity contribution >= 4 is 34.4 Å². The van der Waals surface area contributed by atoms with Gasteiger partial charge in [-0.3, -0.25) is 5.10 Å². The van der Waals surface area contributed by atoms with Crippen LogP contribution in [0.3, 0.4) is 0 Å². The number of H-pyrrole nitrogens is 2. The van der Waals surface area contributed by atoms with E-state index in [4.69, 9.17) is 0 Å². The molecule has 4 rings (SSSR count). The molecule has 0 saturated heterocycles. The Balaban J connectivity index is 1.87. The summed E-state index contributed by atoms with van der Waals surface area (Å²) in [5.41, 5.74) is 5.62. The van der Waals surface area contributed by atoms with Crippen LogP contribution >= 0.6 is 11.3 Å². The summed E-state index contributed by atoms with van der Waals surface area (Å²) in [6, 6.07) is 3.98. The summed E-state index contributed by atoms with van der Waals surface area (Å²) in [5.74, 6) is -0.0459. The lowest BCUT2D eigenvalue weighted by molar-refractivity contribution is 0.449. The molecule has 6 nitrogen and oxygen atoms in total. The third kappa shape index (κ3) is 4.91. The number of halogens is 1. The van der Waals surface area contributed by atoms with Gasteiger partial charge in [-0.05, 0) is 67.5 Å². The van der Waals surface area contributed by atoms with E-state index in [0.717, 1.165) is 22.2 Å². The van der Waals surface area contributed by atoms with Crippen LogP contribution in [0.4, 0.5) is 4.39 Å². The Morgan fingerprint density at radius 1 is 1.25 bits per heavy atom. The zero-order valence-electron chi connectivity index (χ0n) is 20.9. The van der Waals surface area contributed by atoms with Gasteiger partial charge in [0.1, 0.15) is 11.5 Å². The SMILES string of the molecule is C=C/C(=C\C(=C/C)C(=C)/C(F)=c1/c(-c2nc3nccc(-c4ccsc4)c3[nH]2)n[nH]/c1=C/C)CN(C)C. The number of allylic oxidation sites excluding steroid dienone is 4. The lowest BCUT2D eigenvalue weighted by Gasteiger charge is -2.12. The van der Waals surface area contributed by atoms with E-state index in [2.05, 4.69) is 43.7 Å². The normalized spacial score (nSPS) is 14.1. The standard InChI is InChI=1S/C28H29FN6S/c1-7-18(15-35(5)6)14-19(8-2)17(4)24(29)23-22(9-3)33-34-26(23)28-31-25-21(20-11-13-36-16-20)10-12-30-27(25)32-28/h7-14,16,33H,1,4,15H2,2-3,5-6H3,(H,30,31,32)/b18-14+,19-8+,22-9+,24-23-. The molecule has 0 aromatic carbocycles. The van der Waals surface area contributed by atoms with Crippen LogP contribution in [0.1, 0.15) is 13.8 Å². The summed E-state index contributed by atoms with van der Waals surface area (Å²) in [6.45, 7) is 12.3. The van der Waals surface area contributed by atoms with E-state index in [9.17, 15) is 0 Å². The zero-order chi connectivity index (χ0) is 25.8. The van der Waals surface area contributed by atoms with E-state index in [-0.39, 0.29) is 5.57 Å². The second kappa shape index (κ2) is 10.8. The molecule has 0 amide bonds. The second-order valence-electron chi connectivity index (χ2n) is 8.50. The Kier molecular flexibility index (Phi) is 7.57. The molecule has 0 bridgehead atoms. The minimum absolute atomic E-state index is 0.259. The predicted molar refractivity (Wildman–Crippen MR) is 148 cm³/mol. The van der Waals surface area contributed by atoms with Gasteiger partial charge in [0.25, 0.3) is 0 Å². The van der Waals surface area contributed by atoms with Crippen LogP contribution < -0.4 is 10.6 Å². The molecule has 4 heterocycles. The number of nitrogens with one attached hydrogen (secondary N) is 2. The van der Waals surface area contributed by atoms with Gasteiger partial charge in [0, 0.05) is 23.9 Å². The average molecular weight is 501 g/mol. The quantitative estimate of drug-likeness (QED) is 0.329. The Bertz CT molecular complexity index is 1600. The minimum atomic E-state index is -0.476. The van der Waals surface area contributed by atoms with Crippen LogP contribution in [0.15, 0.2) is 77.2 Å². The van der Waals surface area contributed by atoms with Gasteiger partial charge in [0.05, 0.1) is 16.1 Å². The molecule has 0 aliphatic rings. The van der Waals surface area contributed by atoms with Crippen molar-refractivity contribution in [3.8, 4) is 22.6 Å². The molecular formula is C28H29FN6S. The van der Waals surface area contributed by atoms with Crippen molar-refractivity contribution in [2.45, 2.75) is 13.8 Å². The minimum Gasteiger partial charge on any atom is -0.335 e. The highest BCUT2D eigenvalue weighted by Gasteiger charge is 2.18. The van der Waals surface area contributed by atoms with Crippen molar-refractivity contribution in [1.29, 1.82) is 0 Å². The van der Waals surface area contributed by atoms with Crippen molar-refractivity contribution in [3.05, 3.63) is 87.8 Å². The highest BCUT2D eigenvalue weighted by molar-refractivity contribution is 7.08. The largest absolute Gasteiger partial charge is 0.335 e. The first kappa shape index (κ1) is 25.2. The molecule has 36 heavy (non-hydrogen) atoms. The summed E-state index contributed by atoms with van der Waals surface area (Å²) in [4.78, 5) is 14.4. The van der Waals surface area contributed by atoms with Gasteiger partial charge in [-0.2, -0.15) is 16.4 Å². The fourth-order valence-corrected chi connectivity index (χ4v) is 4.65. The molecule has 0 aliphatic heterocycles. The number of likely N-dealkylation sites (N-methyl/N-ethyl adjacent to an activating group) is 1. The molecule has 0 spiro atoms. The van der Waals surface area contributed by atoms with Crippen LogP contribution in [0, 0.1) is 0 Å². The van der Waals surface area contributed by atoms with E-state index in [1.165, 1.54) is 0 Å². The number of fused-ring (bicyclic) bond motifs is 1. The van der Waals surface area contributed by atoms with E-state index in [0.29, 0.717) is 39.9 Å². The molecule has 0 aliphatic carbocycles. The van der Waals surface area contributed by atoms with E-state index in [1.807, 2.05) is 62.5 Å². The summed E-state index contributed by atoms with van der Waals surface area (Å²) < 4.78 is 16.1. The van der Waals surface area contributed by atoms with Gasteiger partial charge < -0.3 is 9.88 Å². The van der Waals surface area contributed by atoms with Crippen molar-refractivity contribution in [3.63, 3.8) is 0 Å². The first-order valence-electron chi connectivity index (χ1n) is 11.5. The third-order valence-electron chi connectivity index (χ3n) is 5.78. The summed E-state index contributed by atoms with van der Waals surface area (Å²) in [7, 11) is 3.95. The maximum Gasteiger partial charge on any atom is 0.178 e. The molecule has 0 saturated carbocycles. The number of aromatic amines is 2. The average Bonchev–Trinajstić information content (AvgIpc) is 3.63. The first-order valence-corrected chi connectivity index (χ1v) is 12.4. The van der Waals surface area contributed by atoms with Crippen LogP contribution in [0.25, 0.3) is 45.7 Å². The summed E-state index contributed by atoms with van der Waals surface area (Å²) >= 11 is 1.62. The summed E-state index contributed by atoms with van der Waals surface area (Å²) in [6.07, 6.45) is 9.02. The molecule has 184 valence electrons. The lowest BCUT2D eigenvalue weighted by Crippen LogP contribution is -2.26. The zero-order valence-corrected chi connectivity index (χ0v) is 21.7. The number of thiophene rings is 1. The van der Waals surface area contributed by atoms with Crippen molar-refractivity contribution in [2.75, 3.05) is 20.6 Å². The van der Waals surface area contributed by atoms with E-state index < -0.39 is 5.83 Å². The van der Waals surface area contributed by atoms with E-state index >= 15 is 4.39 Å². The Morgan fingerprint density at radius 2 is 2.06 bits per heavy atom. The second-order valence-corrected chi connectivity index (χ2v) is 9.28. The smallest absolute Gasteiger partial charge is 0.178 e. The van der Waals surface area contributed by atoms with Gasteiger partial charge in [0.15, 0.2) is 11.5 Å². The van der Waals surface area contributed by atoms with Gasteiger partial charge >= 0.3 is 0 Å². The van der Waals surface area contributed by atoms with Gasteiger partial charge in [-0.1, -0.05) is 37.5 Å². The Morgan fingerprint density at radius 3 is 2.69 bits per heavy atom. The van der Waals surface area contributed by atoms with Crippen LogP contribution in [0.5, 0.6) is 0 Å². The van der Waals surface area contributed by atoms with Crippen molar-refractivity contribution in [1.82, 2.24) is 30.0 Å².